The van der Waals surface area contributed by atoms with Crippen LogP contribution >= 0.6 is 27.5 Å². The number of benzene rings is 2. The summed E-state index contributed by atoms with van der Waals surface area (Å²) in [6.45, 7) is 0. The van der Waals surface area contributed by atoms with Crippen molar-refractivity contribution < 1.29 is 8.42 Å². The van der Waals surface area contributed by atoms with Crippen LogP contribution in [0.1, 0.15) is 11.1 Å². The molecule has 0 spiro atoms. The average Bonchev–Trinajstić information content (AvgIpc) is 2.43. The Kier molecular flexibility index (Phi) is 4.88. The van der Waals surface area contributed by atoms with E-state index in [1.807, 2.05) is 6.07 Å². The monoisotopic (exact) mass is 384 g/mol. The first-order valence-corrected chi connectivity index (χ1v) is 8.67. The zero-order valence-corrected chi connectivity index (χ0v) is 13.8. The highest BCUT2D eigenvalue weighted by Gasteiger charge is 2.16. The number of hydrogen-bond acceptors (Lipinski definition) is 3. The molecule has 7 heteroatoms. The van der Waals surface area contributed by atoms with Crippen molar-refractivity contribution in [2.75, 3.05) is 4.72 Å². The van der Waals surface area contributed by atoms with Crippen LogP contribution in [-0.2, 0) is 15.8 Å². The summed E-state index contributed by atoms with van der Waals surface area (Å²) >= 11 is 9.22. The summed E-state index contributed by atoms with van der Waals surface area (Å²) in [6.07, 6.45) is 0. The normalized spacial score (nSPS) is 10.9. The maximum atomic E-state index is 12.2. The summed E-state index contributed by atoms with van der Waals surface area (Å²) in [5, 5.41) is 9.29. The number of sulfonamides is 1. The molecule has 0 heterocycles. The van der Waals surface area contributed by atoms with Gasteiger partial charge in [0.2, 0.25) is 10.0 Å². The first-order valence-electron chi connectivity index (χ1n) is 5.85. The number of halogens is 2. The van der Waals surface area contributed by atoms with Gasteiger partial charge in [-0.3, -0.25) is 4.72 Å². The summed E-state index contributed by atoms with van der Waals surface area (Å²) in [6, 6.07) is 13.4. The van der Waals surface area contributed by atoms with Crippen molar-refractivity contribution in [1.29, 1.82) is 5.26 Å². The molecule has 0 bridgehead atoms. The Balaban J connectivity index is 2.27. The molecule has 108 valence electrons. The van der Waals surface area contributed by atoms with Crippen molar-refractivity contribution in [3.05, 3.63) is 63.1 Å². The second-order valence-corrected chi connectivity index (χ2v) is 7.30. The molecule has 0 saturated carbocycles. The smallest absolute Gasteiger partial charge is 0.237 e. The van der Waals surface area contributed by atoms with Gasteiger partial charge in [0.1, 0.15) is 0 Å². The molecule has 0 aliphatic carbocycles. The van der Waals surface area contributed by atoms with Crippen molar-refractivity contribution >= 4 is 43.2 Å². The van der Waals surface area contributed by atoms with E-state index in [4.69, 9.17) is 16.9 Å². The first kappa shape index (κ1) is 15.8. The standard InChI is InChI=1S/C14H10BrClN2O2S/c15-12-5-6-13(16)14(7-12)18-21(19,20)9-11-4-2-1-3-10(11)8-17/h1-7,18H,9H2. The van der Waals surface area contributed by atoms with Crippen molar-refractivity contribution in [1.82, 2.24) is 0 Å². The van der Waals surface area contributed by atoms with Gasteiger partial charge in [-0.25, -0.2) is 8.42 Å². The molecular formula is C14H10BrClN2O2S. The summed E-state index contributed by atoms with van der Waals surface area (Å²) in [5.74, 6) is -0.292. The predicted molar refractivity (Wildman–Crippen MR) is 86.6 cm³/mol. The Morgan fingerprint density at radius 2 is 1.95 bits per heavy atom. The van der Waals surface area contributed by atoms with E-state index in [0.29, 0.717) is 26.3 Å². The Morgan fingerprint density at radius 1 is 1.24 bits per heavy atom. The molecule has 0 amide bonds. The number of rotatable bonds is 4. The largest absolute Gasteiger partial charge is 0.282 e. The topological polar surface area (TPSA) is 70.0 Å². The predicted octanol–water partition coefficient (Wildman–Crippen LogP) is 3.92. The van der Waals surface area contributed by atoms with E-state index in [9.17, 15) is 8.42 Å². The Morgan fingerprint density at radius 3 is 2.67 bits per heavy atom. The van der Waals surface area contributed by atoms with Gasteiger partial charge in [0.25, 0.3) is 0 Å². The van der Waals surface area contributed by atoms with Gasteiger partial charge in [-0.15, -0.1) is 0 Å². The number of nitrogens with zero attached hydrogens (tertiary/aromatic N) is 1. The maximum Gasteiger partial charge on any atom is 0.237 e. The van der Waals surface area contributed by atoms with Crippen molar-refractivity contribution in [3.8, 4) is 6.07 Å². The van der Waals surface area contributed by atoms with Crippen LogP contribution in [0.3, 0.4) is 0 Å². The molecule has 0 unspecified atom stereocenters. The highest BCUT2D eigenvalue weighted by Crippen LogP contribution is 2.27. The second-order valence-electron chi connectivity index (χ2n) is 4.25. The van der Waals surface area contributed by atoms with E-state index in [-0.39, 0.29) is 5.75 Å². The van der Waals surface area contributed by atoms with Crippen molar-refractivity contribution in [2.24, 2.45) is 0 Å². The fourth-order valence-electron chi connectivity index (χ4n) is 1.74. The van der Waals surface area contributed by atoms with Gasteiger partial charge in [-0.2, -0.15) is 5.26 Å². The molecule has 0 aliphatic heterocycles. The van der Waals surface area contributed by atoms with Crippen LogP contribution < -0.4 is 4.72 Å². The SMILES string of the molecule is N#Cc1ccccc1CS(=O)(=O)Nc1cc(Br)ccc1Cl. The molecule has 0 atom stereocenters. The van der Waals surface area contributed by atoms with Crippen LogP contribution in [0.5, 0.6) is 0 Å². The molecule has 0 fully saturated rings. The van der Waals surface area contributed by atoms with Crippen LogP contribution in [0, 0.1) is 11.3 Å². The average molecular weight is 386 g/mol. The van der Waals surface area contributed by atoms with Gasteiger partial charge < -0.3 is 0 Å². The quantitative estimate of drug-likeness (QED) is 0.867. The highest BCUT2D eigenvalue weighted by atomic mass is 79.9. The Hall–Kier alpha value is -1.55. The fourth-order valence-corrected chi connectivity index (χ4v) is 3.56. The van der Waals surface area contributed by atoms with Gasteiger partial charge in [-0.05, 0) is 29.8 Å². The molecule has 2 aromatic carbocycles. The molecule has 0 radical (unpaired) electrons. The van der Waals surface area contributed by atoms with Gasteiger partial charge in [-0.1, -0.05) is 45.7 Å². The van der Waals surface area contributed by atoms with E-state index >= 15 is 0 Å². The molecule has 21 heavy (non-hydrogen) atoms. The third-order valence-electron chi connectivity index (χ3n) is 2.68. The maximum absolute atomic E-state index is 12.2. The van der Waals surface area contributed by atoms with E-state index in [1.165, 1.54) is 0 Å². The van der Waals surface area contributed by atoms with Crippen LogP contribution in [0.15, 0.2) is 46.9 Å². The lowest BCUT2D eigenvalue weighted by atomic mass is 10.1. The lowest BCUT2D eigenvalue weighted by Crippen LogP contribution is -2.16. The summed E-state index contributed by atoms with van der Waals surface area (Å²) in [4.78, 5) is 0. The Bertz CT molecular complexity index is 816. The minimum atomic E-state index is -3.67. The third kappa shape index (κ3) is 4.21. The molecule has 1 N–H and O–H groups in total. The van der Waals surface area contributed by atoms with Crippen molar-refractivity contribution in [2.45, 2.75) is 5.75 Å². The van der Waals surface area contributed by atoms with Gasteiger partial charge >= 0.3 is 0 Å². The molecule has 2 aromatic rings. The minimum Gasteiger partial charge on any atom is -0.282 e. The molecule has 0 aromatic heterocycles. The van der Waals surface area contributed by atoms with E-state index in [1.54, 1.807) is 42.5 Å². The lowest BCUT2D eigenvalue weighted by molar-refractivity contribution is 0.600. The highest BCUT2D eigenvalue weighted by molar-refractivity contribution is 9.10. The first-order chi connectivity index (χ1) is 9.91. The summed E-state index contributed by atoms with van der Waals surface area (Å²) in [5.41, 5.74) is 1.07. The number of hydrogen-bond donors (Lipinski definition) is 1. The zero-order chi connectivity index (χ0) is 15.5. The lowest BCUT2D eigenvalue weighted by Gasteiger charge is -2.10. The van der Waals surface area contributed by atoms with E-state index in [0.717, 1.165) is 0 Å². The molecule has 4 nitrogen and oxygen atoms in total. The van der Waals surface area contributed by atoms with Crippen LogP contribution in [-0.4, -0.2) is 8.42 Å². The summed E-state index contributed by atoms with van der Waals surface area (Å²) < 4.78 is 27.6. The minimum absolute atomic E-state index is 0.292. The fraction of sp³-hybridized carbons (Fsp3) is 0.0714. The van der Waals surface area contributed by atoms with E-state index in [2.05, 4.69) is 20.7 Å². The molecule has 2 rings (SSSR count). The molecular weight excluding hydrogens is 376 g/mol. The number of nitriles is 1. The zero-order valence-electron chi connectivity index (χ0n) is 10.7. The van der Waals surface area contributed by atoms with Crippen molar-refractivity contribution in [3.63, 3.8) is 0 Å². The summed E-state index contributed by atoms with van der Waals surface area (Å²) in [7, 11) is -3.67. The molecule has 0 saturated heterocycles. The van der Waals surface area contributed by atoms with Gasteiger partial charge in [0, 0.05) is 4.47 Å². The Labute approximate surface area is 136 Å². The van der Waals surface area contributed by atoms with Gasteiger partial charge in [0.15, 0.2) is 0 Å². The molecule has 0 aliphatic rings. The number of anilines is 1. The number of nitrogens with one attached hydrogen (secondary N) is 1. The third-order valence-corrected chi connectivity index (χ3v) is 4.72. The van der Waals surface area contributed by atoms with Gasteiger partial charge in [0.05, 0.1) is 28.1 Å². The van der Waals surface area contributed by atoms with Crippen LogP contribution in [0.2, 0.25) is 5.02 Å². The second kappa shape index (κ2) is 6.48. The van der Waals surface area contributed by atoms with Crippen LogP contribution in [0.4, 0.5) is 5.69 Å². The van der Waals surface area contributed by atoms with Crippen LogP contribution in [0.25, 0.3) is 0 Å². The van der Waals surface area contributed by atoms with E-state index < -0.39 is 10.0 Å².